The Morgan fingerprint density at radius 1 is 0.957 bits per heavy atom. The summed E-state index contributed by atoms with van der Waals surface area (Å²) < 4.78 is 11.0. The van der Waals surface area contributed by atoms with Crippen molar-refractivity contribution in [2.45, 2.75) is 0 Å². The summed E-state index contributed by atoms with van der Waals surface area (Å²) in [5, 5.41) is 0. The highest BCUT2D eigenvalue weighted by molar-refractivity contribution is 5.76. The fourth-order valence-electron chi connectivity index (χ4n) is 2.09. The molecule has 0 saturated carbocycles. The maximum Gasteiger partial charge on any atom is 0.152 e. The standard InChI is InChI=1S/C19H16N2O2/c1-4-10-20-19-15-16(9-11-21-19)17-7-2-3-8-18(17)23-14-6-13-22-12-5-1/h1-13,15H,14H2/b4-1?,12-5?,13-6-,20-10?. The Bertz CT molecular complexity index is 776. The number of pyridine rings is 1. The Morgan fingerprint density at radius 2 is 1.91 bits per heavy atom. The first-order valence-electron chi connectivity index (χ1n) is 7.28. The lowest BCUT2D eigenvalue weighted by atomic mass is 10.1. The van der Waals surface area contributed by atoms with Crippen LogP contribution < -0.4 is 4.74 Å². The summed E-state index contributed by atoms with van der Waals surface area (Å²) >= 11 is 0. The van der Waals surface area contributed by atoms with Crippen LogP contribution in [0.3, 0.4) is 0 Å². The molecular formula is C19H16N2O2. The molecule has 4 heteroatoms. The lowest BCUT2D eigenvalue weighted by Crippen LogP contribution is -1.95. The summed E-state index contributed by atoms with van der Waals surface area (Å²) in [6, 6.07) is 11.8. The van der Waals surface area contributed by atoms with E-state index in [0.29, 0.717) is 12.4 Å². The van der Waals surface area contributed by atoms with E-state index in [1.807, 2.05) is 54.6 Å². The molecule has 0 radical (unpaired) electrons. The Balaban J connectivity index is 1.99. The van der Waals surface area contributed by atoms with Gasteiger partial charge >= 0.3 is 0 Å². The fourth-order valence-corrected chi connectivity index (χ4v) is 2.09. The third-order valence-electron chi connectivity index (χ3n) is 3.13. The molecule has 2 heterocycles. The first kappa shape index (κ1) is 14.8. The molecule has 114 valence electrons. The first-order valence-corrected chi connectivity index (χ1v) is 7.28. The molecule has 1 aliphatic rings. The van der Waals surface area contributed by atoms with Gasteiger partial charge in [-0.25, -0.2) is 9.98 Å². The molecule has 1 aliphatic heterocycles. The predicted octanol–water partition coefficient (Wildman–Crippen LogP) is 4.44. The van der Waals surface area contributed by atoms with Gasteiger partial charge in [-0.2, -0.15) is 0 Å². The van der Waals surface area contributed by atoms with E-state index >= 15 is 0 Å². The number of para-hydroxylation sites is 1. The molecule has 0 saturated heterocycles. The molecule has 0 N–H and O–H groups in total. The van der Waals surface area contributed by atoms with E-state index in [-0.39, 0.29) is 0 Å². The van der Waals surface area contributed by atoms with Crippen LogP contribution in [0.4, 0.5) is 5.82 Å². The Kier molecular flexibility index (Phi) is 4.98. The van der Waals surface area contributed by atoms with Gasteiger partial charge in [-0.05, 0) is 42.0 Å². The topological polar surface area (TPSA) is 43.7 Å². The Hall–Kier alpha value is -3.14. The second kappa shape index (κ2) is 7.75. The van der Waals surface area contributed by atoms with Gasteiger partial charge in [-0.3, -0.25) is 0 Å². The van der Waals surface area contributed by atoms with Crippen LogP contribution in [0.15, 0.2) is 84.4 Å². The van der Waals surface area contributed by atoms with Gasteiger partial charge in [-0.15, -0.1) is 0 Å². The van der Waals surface area contributed by atoms with Crippen molar-refractivity contribution in [2.75, 3.05) is 6.61 Å². The van der Waals surface area contributed by atoms with Crippen molar-refractivity contribution in [2.24, 2.45) is 4.99 Å². The summed E-state index contributed by atoms with van der Waals surface area (Å²) in [6.45, 7) is 0.427. The monoisotopic (exact) mass is 304 g/mol. The molecule has 23 heavy (non-hydrogen) atoms. The van der Waals surface area contributed by atoms with Crippen molar-refractivity contribution in [3.8, 4) is 16.9 Å². The van der Waals surface area contributed by atoms with Crippen LogP contribution >= 0.6 is 0 Å². The van der Waals surface area contributed by atoms with Gasteiger partial charge in [-0.1, -0.05) is 24.3 Å². The third kappa shape index (κ3) is 4.17. The summed E-state index contributed by atoms with van der Waals surface area (Å²) in [7, 11) is 0. The molecule has 1 aromatic heterocycles. The molecule has 0 amide bonds. The highest BCUT2D eigenvalue weighted by Gasteiger charge is 2.06. The van der Waals surface area contributed by atoms with Crippen molar-refractivity contribution in [1.29, 1.82) is 0 Å². The molecule has 3 rings (SSSR count). The van der Waals surface area contributed by atoms with Gasteiger partial charge in [0, 0.05) is 18.0 Å². The number of aliphatic imine (C=N–C) groups is 1. The molecule has 2 aromatic rings. The normalized spacial score (nSPS) is 15.3. The minimum Gasteiger partial charge on any atom is -0.489 e. The second-order valence-electron chi connectivity index (χ2n) is 4.71. The van der Waals surface area contributed by atoms with Crippen LogP contribution in [-0.4, -0.2) is 17.8 Å². The molecular weight excluding hydrogens is 288 g/mol. The number of aromatic nitrogens is 1. The smallest absolute Gasteiger partial charge is 0.152 e. The van der Waals surface area contributed by atoms with Crippen LogP contribution in [-0.2, 0) is 4.74 Å². The van der Waals surface area contributed by atoms with Gasteiger partial charge in [0.05, 0.1) is 12.5 Å². The molecule has 0 fully saturated rings. The lowest BCUT2D eigenvalue weighted by Gasteiger charge is -2.10. The molecule has 4 nitrogen and oxygen atoms in total. The zero-order valence-corrected chi connectivity index (χ0v) is 12.5. The summed E-state index contributed by atoms with van der Waals surface area (Å²) in [4.78, 5) is 8.59. The number of fused-ring (bicyclic) bond motifs is 4. The predicted molar refractivity (Wildman–Crippen MR) is 91.8 cm³/mol. The van der Waals surface area contributed by atoms with Gasteiger partial charge in [0.15, 0.2) is 5.82 Å². The summed E-state index contributed by atoms with van der Waals surface area (Å²) in [5.74, 6) is 1.45. The van der Waals surface area contributed by atoms with E-state index in [2.05, 4.69) is 9.98 Å². The number of hydrogen-bond acceptors (Lipinski definition) is 4. The molecule has 0 aliphatic carbocycles. The van der Waals surface area contributed by atoms with Crippen molar-refractivity contribution >= 4 is 12.0 Å². The van der Waals surface area contributed by atoms with Crippen molar-refractivity contribution in [3.05, 3.63) is 79.4 Å². The largest absolute Gasteiger partial charge is 0.489 e. The number of nitrogens with zero attached hydrogens (tertiary/aromatic N) is 2. The van der Waals surface area contributed by atoms with Crippen LogP contribution in [0.25, 0.3) is 11.1 Å². The number of rotatable bonds is 0. The highest BCUT2D eigenvalue weighted by Crippen LogP contribution is 2.31. The van der Waals surface area contributed by atoms with E-state index in [0.717, 1.165) is 16.9 Å². The van der Waals surface area contributed by atoms with E-state index < -0.39 is 0 Å². The van der Waals surface area contributed by atoms with Crippen LogP contribution in [0.1, 0.15) is 0 Å². The number of benzene rings is 1. The first-order chi connectivity index (χ1) is 11.4. The second-order valence-corrected chi connectivity index (χ2v) is 4.71. The fraction of sp³-hybridized carbons (Fsp3) is 0.0526. The van der Waals surface area contributed by atoms with Crippen molar-refractivity contribution < 1.29 is 9.47 Å². The zero-order chi connectivity index (χ0) is 15.7. The van der Waals surface area contributed by atoms with Crippen molar-refractivity contribution in [1.82, 2.24) is 4.98 Å². The lowest BCUT2D eigenvalue weighted by molar-refractivity contribution is 0.350. The number of ether oxygens (including phenoxy) is 2. The van der Waals surface area contributed by atoms with Crippen LogP contribution in [0.2, 0.25) is 0 Å². The zero-order valence-electron chi connectivity index (χ0n) is 12.5. The van der Waals surface area contributed by atoms with E-state index in [1.165, 1.54) is 0 Å². The Labute approximate surface area is 135 Å². The molecule has 0 unspecified atom stereocenters. The van der Waals surface area contributed by atoms with Crippen LogP contribution in [0, 0.1) is 0 Å². The maximum absolute atomic E-state index is 5.82. The molecule has 0 spiro atoms. The van der Waals surface area contributed by atoms with Crippen LogP contribution in [0.5, 0.6) is 5.75 Å². The summed E-state index contributed by atoms with van der Waals surface area (Å²) in [5.41, 5.74) is 2.02. The Morgan fingerprint density at radius 3 is 2.91 bits per heavy atom. The molecule has 2 bridgehead atoms. The number of hydrogen-bond donors (Lipinski definition) is 0. The van der Waals surface area contributed by atoms with Gasteiger partial charge < -0.3 is 9.47 Å². The van der Waals surface area contributed by atoms with Gasteiger partial charge in [0.25, 0.3) is 0 Å². The van der Waals surface area contributed by atoms with Gasteiger partial charge in [0.1, 0.15) is 12.4 Å². The van der Waals surface area contributed by atoms with Crippen molar-refractivity contribution in [3.63, 3.8) is 0 Å². The maximum atomic E-state index is 5.82. The SMILES string of the molecule is C1=CC=Nc2cc(ccn2)-c2ccccc2OC/C=C\OC=C1. The highest BCUT2D eigenvalue weighted by atomic mass is 16.5. The van der Waals surface area contributed by atoms with E-state index in [4.69, 9.17) is 9.47 Å². The average Bonchev–Trinajstić information content (AvgIpc) is 2.59. The molecule has 0 atom stereocenters. The average molecular weight is 304 g/mol. The quantitative estimate of drug-likeness (QED) is 0.722. The summed E-state index contributed by atoms with van der Waals surface area (Å²) in [6.07, 6.45) is 13.9. The van der Waals surface area contributed by atoms with E-state index in [1.54, 1.807) is 31.0 Å². The minimum atomic E-state index is 0.427. The minimum absolute atomic E-state index is 0.427. The molecule has 1 aromatic carbocycles. The third-order valence-corrected chi connectivity index (χ3v) is 3.13. The van der Waals surface area contributed by atoms with Gasteiger partial charge in [0.2, 0.25) is 0 Å². The number of allylic oxidation sites excluding steroid dienone is 3. The van der Waals surface area contributed by atoms with E-state index in [9.17, 15) is 0 Å².